The Balaban J connectivity index is 2.11. The minimum atomic E-state index is -0.141. The van der Waals surface area contributed by atoms with Gasteiger partial charge in [0.2, 0.25) is 0 Å². The molecule has 0 bridgehead atoms. The zero-order valence-corrected chi connectivity index (χ0v) is 6.25. The Bertz CT molecular complexity index is 126. The molecule has 3 unspecified atom stereocenters. The van der Waals surface area contributed by atoms with Crippen molar-refractivity contribution in [2.75, 3.05) is 20.1 Å². The molecule has 2 aliphatic heterocycles. The van der Waals surface area contributed by atoms with Crippen LogP contribution in [0.1, 0.15) is 6.42 Å². The van der Waals surface area contributed by atoms with Gasteiger partial charge < -0.3 is 10.4 Å². The fourth-order valence-electron chi connectivity index (χ4n) is 2.14. The number of likely N-dealkylation sites (tertiary alicyclic amines) is 1. The predicted octanol–water partition coefficient (Wildman–Crippen LogP) is -0.977. The van der Waals surface area contributed by atoms with Gasteiger partial charge in [-0.2, -0.15) is 0 Å². The number of rotatable bonds is 0. The summed E-state index contributed by atoms with van der Waals surface area (Å²) in [4.78, 5) is 2.25. The molecule has 3 nitrogen and oxygen atoms in total. The van der Waals surface area contributed by atoms with E-state index in [9.17, 15) is 5.11 Å². The van der Waals surface area contributed by atoms with E-state index in [1.807, 2.05) is 0 Å². The normalized spacial score (nSPS) is 48.0. The summed E-state index contributed by atoms with van der Waals surface area (Å²) < 4.78 is 0. The minimum absolute atomic E-state index is 0.141. The molecular weight excluding hydrogens is 128 g/mol. The molecule has 0 aromatic heterocycles. The van der Waals surface area contributed by atoms with Crippen LogP contribution in [-0.2, 0) is 0 Å². The number of β-amino-alcohol motifs (C(OH)–C–C–N with tert-alkyl or cyclic N) is 1. The van der Waals surface area contributed by atoms with Crippen molar-refractivity contribution in [3.63, 3.8) is 0 Å². The van der Waals surface area contributed by atoms with E-state index >= 15 is 0 Å². The summed E-state index contributed by atoms with van der Waals surface area (Å²) in [5, 5.41) is 12.8. The minimum Gasteiger partial charge on any atom is -0.390 e. The summed E-state index contributed by atoms with van der Waals surface area (Å²) >= 11 is 0. The lowest BCUT2D eigenvalue weighted by Gasteiger charge is -2.15. The van der Waals surface area contributed by atoms with Crippen molar-refractivity contribution in [2.24, 2.45) is 0 Å². The second-order valence-electron chi connectivity index (χ2n) is 3.34. The Morgan fingerprint density at radius 2 is 2.40 bits per heavy atom. The van der Waals surface area contributed by atoms with Crippen LogP contribution in [0.4, 0.5) is 0 Å². The van der Waals surface area contributed by atoms with E-state index < -0.39 is 0 Å². The zero-order chi connectivity index (χ0) is 7.14. The average Bonchev–Trinajstić information content (AvgIpc) is 2.39. The molecule has 2 fully saturated rings. The van der Waals surface area contributed by atoms with Crippen molar-refractivity contribution in [1.29, 1.82) is 0 Å². The molecular formula is C7H14N2O. The van der Waals surface area contributed by atoms with Crippen LogP contribution in [-0.4, -0.2) is 48.3 Å². The van der Waals surface area contributed by atoms with Gasteiger partial charge in [0.1, 0.15) is 0 Å². The standard InChI is InChI=1S/C7H14N2O/c1-9-4-6(10)7-5(9)2-3-8-7/h5-8,10H,2-4H2,1H3. The van der Waals surface area contributed by atoms with E-state index in [-0.39, 0.29) is 6.10 Å². The first kappa shape index (κ1) is 6.58. The van der Waals surface area contributed by atoms with E-state index in [4.69, 9.17) is 0 Å². The van der Waals surface area contributed by atoms with Gasteiger partial charge in [-0.1, -0.05) is 0 Å². The van der Waals surface area contributed by atoms with Crippen LogP contribution in [0.25, 0.3) is 0 Å². The van der Waals surface area contributed by atoms with Crippen LogP contribution in [0.3, 0.4) is 0 Å². The Morgan fingerprint density at radius 1 is 1.60 bits per heavy atom. The molecule has 58 valence electrons. The molecule has 0 saturated carbocycles. The van der Waals surface area contributed by atoms with Crippen LogP contribution in [0.2, 0.25) is 0 Å². The van der Waals surface area contributed by atoms with Crippen LogP contribution >= 0.6 is 0 Å². The lowest BCUT2D eigenvalue weighted by atomic mass is 10.1. The molecule has 2 saturated heterocycles. The third-order valence-electron chi connectivity index (χ3n) is 2.69. The van der Waals surface area contributed by atoms with Gasteiger partial charge in [-0.15, -0.1) is 0 Å². The highest BCUT2D eigenvalue weighted by Crippen LogP contribution is 2.23. The van der Waals surface area contributed by atoms with Crippen LogP contribution in [0.15, 0.2) is 0 Å². The van der Waals surface area contributed by atoms with Crippen molar-refractivity contribution in [3.8, 4) is 0 Å². The molecule has 0 spiro atoms. The van der Waals surface area contributed by atoms with E-state index in [1.54, 1.807) is 0 Å². The lowest BCUT2D eigenvalue weighted by molar-refractivity contribution is 0.159. The number of likely N-dealkylation sites (N-methyl/N-ethyl adjacent to an activating group) is 1. The van der Waals surface area contributed by atoms with Gasteiger partial charge in [0.15, 0.2) is 0 Å². The van der Waals surface area contributed by atoms with Crippen molar-refractivity contribution in [2.45, 2.75) is 24.6 Å². The summed E-state index contributed by atoms with van der Waals surface area (Å²) in [7, 11) is 2.08. The van der Waals surface area contributed by atoms with Gasteiger partial charge in [0.05, 0.1) is 6.10 Å². The second kappa shape index (κ2) is 2.19. The smallest absolute Gasteiger partial charge is 0.0835 e. The highest BCUT2D eigenvalue weighted by atomic mass is 16.3. The molecule has 3 heteroatoms. The van der Waals surface area contributed by atoms with Crippen LogP contribution < -0.4 is 5.32 Å². The highest BCUT2D eigenvalue weighted by molar-refractivity contribution is 5.00. The largest absolute Gasteiger partial charge is 0.390 e. The first-order chi connectivity index (χ1) is 4.79. The molecule has 0 radical (unpaired) electrons. The third-order valence-corrected chi connectivity index (χ3v) is 2.69. The van der Waals surface area contributed by atoms with Crippen molar-refractivity contribution in [1.82, 2.24) is 10.2 Å². The predicted molar refractivity (Wildman–Crippen MR) is 38.8 cm³/mol. The maximum absolute atomic E-state index is 9.47. The first-order valence-electron chi connectivity index (χ1n) is 3.91. The molecule has 3 atom stereocenters. The molecule has 0 aromatic carbocycles. The maximum atomic E-state index is 9.47. The number of aliphatic hydroxyl groups is 1. The fourth-order valence-corrected chi connectivity index (χ4v) is 2.14. The zero-order valence-electron chi connectivity index (χ0n) is 6.25. The summed E-state index contributed by atoms with van der Waals surface area (Å²) in [6.07, 6.45) is 1.05. The van der Waals surface area contributed by atoms with Gasteiger partial charge in [-0.05, 0) is 20.0 Å². The summed E-state index contributed by atoms with van der Waals surface area (Å²) in [6.45, 7) is 1.90. The number of aliphatic hydroxyl groups excluding tert-OH is 1. The lowest BCUT2D eigenvalue weighted by Crippen LogP contribution is -2.36. The van der Waals surface area contributed by atoms with E-state index in [0.717, 1.165) is 13.1 Å². The Morgan fingerprint density at radius 3 is 3.10 bits per heavy atom. The molecule has 0 amide bonds. The summed E-state index contributed by atoms with van der Waals surface area (Å²) in [5.41, 5.74) is 0. The van der Waals surface area contributed by atoms with Crippen molar-refractivity contribution < 1.29 is 5.11 Å². The van der Waals surface area contributed by atoms with Gasteiger partial charge in [-0.3, -0.25) is 4.90 Å². The van der Waals surface area contributed by atoms with Gasteiger partial charge in [0.25, 0.3) is 0 Å². The van der Waals surface area contributed by atoms with Gasteiger partial charge in [-0.25, -0.2) is 0 Å². The van der Waals surface area contributed by atoms with Crippen LogP contribution in [0.5, 0.6) is 0 Å². The summed E-state index contributed by atoms with van der Waals surface area (Å²) in [5.74, 6) is 0. The van der Waals surface area contributed by atoms with Gasteiger partial charge >= 0.3 is 0 Å². The number of nitrogens with one attached hydrogen (secondary N) is 1. The molecule has 2 N–H and O–H groups in total. The Hall–Kier alpha value is -0.120. The van der Waals surface area contributed by atoms with E-state index in [1.165, 1.54) is 6.42 Å². The van der Waals surface area contributed by atoms with Crippen LogP contribution in [0, 0.1) is 0 Å². The van der Waals surface area contributed by atoms with E-state index in [0.29, 0.717) is 12.1 Å². The first-order valence-corrected chi connectivity index (χ1v) is 3.91. The SMILES string of the molecule is CN1CC(O)C2NCCC21. The molecule has 10 heavy (non-hydrogen) atoms. The molecule has 2 rings (SSSR count). The highest BCUT2D eigenvalue weighted by Gasteiger charge is 2.41. The maximum Gasteiger partial charge on any atom is 0.0835 e. The monoisotopic (exact) mass is 142 g/mol. The number of hydrogen-bond donors (Lipinski definition) is 2. The molecule has 2 heterocycles. The van der Waals surface area contributed by atoms with Gasteiger partial charge in [0, 0.05) is 18.6 Å². The third kappa shape index (κ3) is 0.779. The second-order valence-corrected chi connectivity index (χ2v) is 3.34. The fraction of sp³-hybridized carbons (Fsp3) is 1.00. The number of hydrogen-bond acceptors (Lipinski definition) is 3. The topological polar surface area (TPSA) is 35.5 Å². The quantitative estimate of drug-likeness (QED) is 0.456. The molecule has 0 aromatic rings. The van der Waals surface area contributed by atoms with Crippen molar-refractivity contribution >= 4 is 0 Å². The number of nitrogens with zero attached hydrogens (tertiary/aromatic N) is 1. The molecule has 0 aliphatic carbocycles. The Labute approximate surface area is 61.0 Å². The Kier molecular flexibility index (Phi) is 1.44. The average molecular weight is 142 g/mol. The van der Waals surface area contributed by atoms with Crippen molar-refractivity contribution in [3.05, 3.63) is 0 Å². The van der Waals surface area contributed by atoms with E-state index in [2.05, 4.69) is 17.3 Å². The summed E-state index contributed by atoms with van der Waals surface area (Å²) in [6, 6.07) is 0.944. The number of fused-ring (bicyclic) bond motifs is 1. The molecule has 2 aliphatic rings.